The maximum atomic E-state index is 11.9. The molecule has 2 heterocycles. The molecule has 2 N–H and O–H groups in total. The first-order chi connectivity index (χ1) is 8.02. The van der Waals surface area contributed by atoms with E-state index in [1.54, 1.807) is 0 Å². The summed E-state index contributed by atoms with van der Waals surface area (Å²) in [5, 5.41) is 6.13. The molecule has 2 rings (SSSR count). The molecule has 0 amide bonds. The minimum absolute atomic E-state index is 0.0188. The monoisotopic (exact) mass is 259 g/mol. The molecule has 1 aromatic heterocycles. The molecule has 0 bridgehead atoms. The number of aromatic nitrogens is 2. The third-order valence-electron chi connectivity index (χ3n) is 3.17. The van der Waals surface area contributed by atoms with Crippen molar-refractivity contribution in [2.24, 2.45) is 5.41 Å². The van der Waals surface area contributed by atoms with Gasteiger partial charge in [0.1, 0.15) is 4.90 Å². The Morgan fingerprint density at radius 2 is 2.24 bits per heavy atom. The van der Waals surface area contributed by atoms with E-state index in [1.165, 1.54) is 12.4 Å². The predicted molar refractivity (Wildman–Crippen MR) is 61.9 cm³/mol. The number of rotatable bonds is 4. The highest BCUT2D eigenvalue weighted by atomic mass is 32.2. The Labute approximate surface area is 101 Å². The number of hydrogen-bond donors (Lipinski definition) is 2. The molecule has 0 atom stereocenters. The highest BCUT2D eigenvalue weighted by Gasteiger charge is 2.29. The van der Waals surface area contributed by atoms with Crippen molar-refractivity contribution >= 4 is 10.0 Å². The van der Waals surface area contributed by atoms with Crippen molar-refractivity contribution in [2.75, 3.05) is 19.8 Å². The summed E-state index contributed by atoms with van der Waals surface area (Å²) < 4.78 is 31.7. The lowest BCUT2D eigenvalue weighted by Crippen LogP contribution is -2.39. The van der Waals surface area contributed by atoms with Gasteiger partial charge in [-0.2, -0.15) is 5.10 Å². The normalized spacial score (nSPS) is 20.3. The summed E-state index contributed by atoms with van der Waals surface area (Å²) in [6.45, 7) is 3.91. The second-order valence-electron chi connectivity index (χ2n) is 4.68. The Morgan fingerprint density at radius 1 is 1.53 bits per heavy atom. The molecule has 1 fully saturated rings. The smallest absolute Gasteiger partial charge is 0.243 e. The quantitative estimate of drug-likeness (QED) is 0.825. The third kappa shape index (κ3) is 3.05. The Morgan fingerprint density at radius 3 is 2.82 bits per heavy atom. The molecule has 1 aromatic rings. The zero-order valence-corrected chi connectivity index (χ0v) is 10.6. The van der Waals surface area contributed by atoms with Gasteiger partial charge in [0.15, 0.2) is 0 Å². The second kappa shape index (κ2) is 4.75. The van der Waals surface area contributed by atoms with Crippen molar-refractivity contribution in [1.29, 1.82) is 0 Å². The first-order valence-corrected chi connectivity index (χ1v) is 7.06. The Balaban J connectivity index is 1.98. The van der Waals surface area contributed by atoms with Crippen LogP contribution in [0.4, 0.5) is 0 Å². The van der Waals surface area contributed by atoms with Gasteiger partial charge < -0.3 is 4.74 Å². The number of ether oxygens (including phenoxy) is 1. The fraction of sp³-hybridized carbons (Fsp3) is 0.700. The molecule has 0 aromatic carbocycles. The van der Waals surface area contributed by atoms with Crippen LogP contribution in [-0.2, 0) is 14.8 Å². The van der Waals surface area contributed by atoms with Crippen molar-refractivity contribution in [1.82, 2.24) is 14.9 Å². The van der Waals surface area contributed by atoms with E-state index in [2.05, 4.69) is 21.8 Å². The first-order valence-electron chi connectivity index (χ1n) is 5.58. The van der Waals surface area contributed by atoms with E-state index >= 15 is 0 Å². The number of hydrogen-bond acceptors (Lipinski definition) is 4. The van der Waals surface area contributed by atoms with E-state index in [0.717, 1.165) is 12.8 Å². The van der Waals surface area contributed by atoms with Gasteiger partial charge in [-0.1, -0.05) is 6.92 Å². The standard InChI is InChI=1S/C10H17N3O3S/c1-10(2-4-16-5-3-10)8-13-17(14,15)9-6-11-12-7-9/h6-7,13H,2-5,8H2,1H3,(H,11,12). The van der Waals surface area contributed by atoms with Gasteiger partial charge >= 0.3 is 0 Å². The first kappa shape index (κ1) is 12.5. The van der Waals surface area contributed by atoms with E-state index in [9.17, 15) is 8.42 Å². The number of nitrogens with one attached hydrogen (secondary N) is 2. The van der Waals surface area contributed by atoms with E-state index < -0.39 is 10.0 Å². The second-order valence-corrected chi connectivity index (χ2v) is 6.45. The summed E-state index contributed by atoms with van der Waals surface area (Å²) in [6.07, 6.45) is 4.42. The fourth-order valence-corrected chi connectivity index (χ4v) is 2.88. The summed E-state index contributed by atoms with van der Waals surface area (Å²) in [6, 6.07) is 0. The Bertz CT molecular complexity index is 449. The van der Waals surface area contributed by atoms with Crippen LogP contribution in [0, 0.1) is 5.41 Å². The van der Waals surface area contributed by atoms with Gasteiger partial charge in [-0.15, -0.1) is 0 Å². The van der Waals surface area contributed by atoms with E-state index in [4.69, 9.17) is 4.74 Å². The molecule has 1 aliphatic heterocycles. The topological polar surface area (TPSA) is 84.1 Å². The minimum atomic E-state index is -3.44. The average Bonchev–Trinajstić information content (AvgIpc) is 2.82. The molecular weight excluding hydrogens is 242 g/mol. The van der Waals surface area contributed by atoms with Gasteiger partial charge in [0.05, 0.1) is 6.20 Å². The Kier molecular flexibility index (Phi) is 3.50. The number of nitrogens with zero attached hydrogens (tertiary/aromatic N) is 1. The van der Waals surface area contributed by atoms with Gasteiger partial charge in [-0.25, -0.2) is 13.1 Å². The van der Waals surface area contributed by atoms with E-state index in [-0.39, 0.29) is 10.3 Å². The summed E-state index contributed by atoms with van der Waals surface area (Å²) in [4.78, 5) is 0.174. The molecule has 0 radical (unpaired) electrons. The van der Waals surface area contributed by atoms with Gasteiger partial charge in [-0.3, -0.25) is 5.10 Å². The van der Waals surface area contributed by atoms with Crippen LogP contribution in [-0.4, -0.2) is 38.4 Å². The van der Waals surface area contributed by atoms with Crippen molar-refractivity contribution in [2.45, 2.75) is 24.7 Å². The maximum Gasteiger partial charge on any atom is 0.243 e. The van der Waals surface area contributed by atoms with Crippen LogP contribution in [0.25, 0.3) is 0 Å². The van der Waals surface area contributed by atoms with Crippen LogP contribution >= 0.6 is 0 Å². The van der Waals surface area contributed by atoms with E-state index in [1.807, 2.05) is 0 Å². The van der Waals surface area contributed by atoms with Gasteiger partial charge in [0.25, 0.3) is 0 Å². The van der Waals surface area contributed by atoms with Crippen LogP contribution in [0.15, 0.2) is 17.3 Å². The lowest BCUT2D eigenvalue weighted by molar-refractivity contribution is 0.0265. The third-order valence-corrected chi connectivity index (χ3v) is 4.54. The fourth-order valence-electron chi connectivity index (χ4n) is 1.78. The predicted octanol–water partition coefficient (Wildman–Crippen LogP) is 0.505. The molecule has 0 aliphatic carbocycles. The van der Waals surface area contributed by atoms with Crippen LogP contribution < -0.4 is 4.72 Å². The molecular formula is C10H17N3O3S. The number of H-pyrrole nitrogens is 1. The molecule has 1 saturated heterocycles. The van der Waals surface area contributed by atoms with Crippen LogP contribution in [0.3, 0.4) is 0 Å². The molecule has 0 unspecified atom stereocenters. The average molecular weight is 259 g/mol. The summed E-state index contributed by atoms with van der Waals surface area (Å²) in [5.74, 6) is 0. The molecule has 7 heteroatoms. The summed E-state index contributed by atoms with van der Waals surface area (Å²) in [5.41, 5.74) is -0.0188. The largest absolute Gasteiger partial charge is 0.381 e. The van der Waals surface area contributed by atoms with Gasteiger partial charge in [0, 0.05) is 26.0 Å². The van der Waals surface area contributed by atoms with Crippen LogP contribution in [0.1, 0.15) is 19.8 Å². The molecule has 6 nitrogen and oxygen atoms in total. The van der Waals surface area contributed by atoms with Crippen molar-refractivity contribution in [3.8, 4) is 0 Å². The maximum absolute atomic E-state index is 11.9. The highest BCUT2D eigenvalue weighted by Crippen LogP contribution is 2.29. The molecule has 0 spiro atoms. The van der Waals surface area contributed by atoms with Crippen LogP contribution in [0.2, 0.25) is 0 Å². The minimum Gasteiger partial charge on any atom is -0.381 e. The zero-order chi connectivity index (χ0) is 12.4. The summed E-state index contributed by atoms with van der Waals surface area (Å²) >= 11 is 0. The zero-order valence-electron chi connectivity index (χ0n) is 9.77. The van der Waals surface area contributed by atoms with Gasteiger partial charge in [0.2, 0.25) is 10.0 Å². The van der Waals surface area contributed by atoms with Crippen molar-refractivity contribution in [3.05, 3.63) is 12.4 Å². The summed E-state index contributed by atoms with van der Waals surface area (Å²) in [7, 11) is -3.44. The molecule has 0 saturated carbocycles. The molecule has 1 aliphatic rings. The number of aromatic amines is 1. The Hall–Kier alpha value is -0.920. The van der Waals surface area contributed by atoms with Crippen molar-refractivity contribution in [3.63, 3.8) is 0 Å². The molecule has 96 valence electrons. The lowest BCUT2D eigenvalue weighted by Gasteiger charge is -2.33. The molecule has 17 heavy (non-hydrogen) atoms. The van der Waals surface area contributed by atoms with Crippen LogP contribution in [0.5, 0.6) is 0 Å². The van der Waals surface area contributed by atoms with Crippen molar-refractivity contribution < 1.29 is 13.2 Å². The number of sulfonamides is 1. The SMILES string of the molecule is CC1(CNS(=O)(=O)c2cn[nH]c2)CCOCC1. The lowest BCUT2D eigenvalue weighted by atomic mass is 9.83. The van der Waals surface area contributed by atoms with E-state index in [0.29, 0.717) is 19.8 Å². The van der Waals surface area contributed by atoms with Gasteiger partial charge in [-0.05, 0) is 18.3 Å². The highest BCUT2D eigenvalue weighted by molar-refractivity contribution is 7.89.